The van der Waals surface area contributed by atoms with Gasteiger partial charge >= 0.3 is 0 Å². The molecule has 0 aliphatic carbocycles. The number of nitrogens with zero attached hydrogens (tertiary/aromatic N) is 2. The summed E-state index contributed by atoms with van der Waals surface area (Å²) in [5.74, 6) is 0. The molecule has 0 spiro atoms. The van der Waals surface area contributed by atoms with Crippen molar-refractivity contribution in [2.45, 2.75) is 0 Å². The lowest BCUT2D eigenvalue weighted by atomic mass is 9.93. The Bertz CT molecular complexity index is 1530. The zero-order valence-corrected chi connectivity index (χ0v) is 17.4. The van der Waals surface area contributed by atoms with Crippen LogP contribution in [0.1, 0.15) is 0 Å². The topological polar surface area (TPSA) is 25.8 Å². The second kappa shape index (κ2) is 7.75. The molecule has 0 aliphatic heterocycles. The van der Waals surface area contributed by atoms with Crippen LogP contribution in [0.4, 0.5) is 0 Å². The molecule has 5 aromatic carbocycles. The fraction of sp³-hybridized carbons (Fsp3) is 0. The Morgan fingerprint density at radius 2 is 0.906 bits per heavy atom. The minimum absolute atomic E-state index is 0.875. The molecule has 1 heterocycles. The van der Waals surface area contributed by atoms with Crippen LogP contribution in [0, 0.1) is 0 Å². The zero-order valence-electron chi connectivity index (χ0n) is 17.4. The molecule has 6 aromatic rings. The highest BCUT2D eigenvalue weighted by molar-refractivity contribution is 6.13. The molecule has 0 fully saturated rings. The molecule has 0 bridgehead atoms. The van der Waals surface area contributed by atoms with E-state index in [0.717, 1.165) is 22.5 Å². The van der Waals surface area contributed by atoms with E-state index in [4.69, 9.17) is 0 Å². The molecule has 32 heavy (non-hydrogen) atoms. The summed E-state index contributed by atoms with van der Waals surface area (Å²) in [7, 11) is 0. The van der Waals surface area contributed by atoms with Gasteiger partial charge in [0.2, 0.25) is 0 Å². The molecule has 1 aromatic heterocycles. The van der Waals surface area contributed by atoms with Crippen LogP contribution in [0.15, 0.2) is 121 Å². The Morgan fingerprint density at radius 3 is 1.59 bits per heavy atom. The molecule has 0 aliphatic rings. The van der Waals surface area contributed by atoms with E-state index in [1.807, 2.05) is 42.5 Å². The third-order valence-corrected chi connectivity index (χ3v) is 5.99. The van der Waals surface area contributed by atoms with Crippen molar-refractivity contribution in [3.8, 4) is 33.6 Å². The van der Waals surface area contributed by atoms with Crippen molar-refractivity contribution in [3.63, 3.8) is 0 Å². The lowest BCUT2D eigenvalue weighted by molar-refractivity contribution is 1.04. The van der Waals surface area contributed by atoms with Crippen molar-refractivity contribution < 1.29 is 0 Å². The summed E-state index contributed by atoms with van der Waals surface area (Å²) >= 11 is 0. The van der Waals surface area contributed by atoms with Gasteiger partial charge in [-0.3, -0.25) is 0 Å². The predicted molar refractivity (Wildman–Crippen MR) is 133 cm³/mol. The van der Waals surface area contributed by atoms with E-state index < -0.39 is 0 Å². The highest BCUT2D eigenvalue weighted by Gasteiger charge is 2.09. The number of benzene rings is 5. The summed E-state index contributed by atoms with van der Waals surface area (Å²) < 4.78 is 0. The van der Waals surface area contributed by atoms with E-state index in [-0.39, 0.29) is 0 Å². The van der Waals surface area contributed by atoms with Gasteiger partial charge in [0.15, 0.2) is 0 Å². The number of rotatable bonds is 3. The molecule has 0 amide bonds. The van der Waals surface area contributed by atoms with E-state index in [9.17, 15) is 0 Å². The summed E-state index contributed by atoms with van der Waals surface area (Å²) in [5.41, 5.74) is 6.34. The van der Waals surface area contributed by atoms with Crippen molar-refractivity contribution in [3.05, 3.63) is 121 Å². The van der Waals surface area contributed by atoms with Crippen LogP contribution in [0.25, 0.3) is 55.2 Å². The van der Waals surface area contributed by atoms with Crippen molar-refractivity contribution in [1.82, 2.24) is 10.2 Å². The standard InChI is InChI=1S/C30H20N2/c1-2-8-22(9-3-1)29-18-19-30(32-31-29)23-16-14-21(15-17-23)28-20-24-10-4-5-11-25(24)26-12-6-7-13-27(26)28/h1-20H. The first-order chi connectivity index (χ1) is 15.9. The highest BCUT2D eigenvalue weighted by Crippen LogP contribution is 2.35. The largest absolute Gasteiger partial charge is 0.150 e. The zero-order chi connectivity index (χ0) is 21.3. The van der Waals surface area contributed by atoms with Crippen LogP contribution in [-0.2, 0) is 0 Å². The van der Waals surface area contributed by atoms with E-state index >= 15 is 0 Å². The molecular formula is C30H20N2. The van der Waals surface area contributed by atoms with Crippen LogP contribution >= 0.6 is 0 Å². The van der Waals surface area contributed by atoms with Gasteiger partial charge < -0.3 is 0 Å². The minimum Gasteiger partial charge on any atom is -0.150 e. The molecule has 0 radical (unpaired) electrons. The van der Waals surface area contributed by atoms with Crippen molar-refractivity contribution in [1.29, 1.82) is 0 Å². The van der Waals surface area contributed by atoms with Crippen LogP contribution in [0.2, 0.25) is 0 Å². The minimum atomic E-state index is 0.875. The maximum Gasteiger partial charge on any atom is 0.0930 e. The molecule has 150 valence electrons. The lowest BCUT2D eigenvalue weighted by Crippen LogP contribution is -1.91. The van der Waals surface area contributed by atoms with Crippen molar-refractivity contribution in [2.24, 2.45) is 0 Å². The van der Waals surface area contributed by atoms with Gasteiger partial charge in [0.05, 0.1) is 11.4 Å². The van der Waals surface area contributed by atoms with Gasteiger partial charge in [0.1, 0.15) is 0 Å². The molecule has 2 nitrogen and oxygen atoms in total. The van der Waals surface area contributed by atoms with Crippen LogP contribution in [0.3, 0.4) is 0 Å². The smallest absolute Gasteiger partial charge is 0.0930 e. The average molecular weight is 409 g/mol. The van der Waals surface area contributed by atoms with Crippen LogP contribution in [0.5, 0.6) is 0 Å². The molecule has 6 rings (SSSR count). The Balaban J connectivity index is 1.39. The maximum absolute atomic E-state index is 4.47. The van der Waals surface area contributed by atoms with E-state index in [1.54, 1.807) is 0 Å². The van der Waals surface area contributed by atoms with Gasteiger partial charge in [-0.15, -0.1) is 10.2 Å². The van der Waals surface area contributed by atoms with Gasteiger partial charge in [0, 0.05) is 11.1 Å². The maximum atomic E-state index is 4.47. The molecule has 0 atom stereocenters. The first-order valence-electron chi connectivity index (χ1n) is 10.8. The number of fused-ring (bicyclic) bond motifs is 3. The Hall–Kier alpha value is -4.30. The van der Waals surface area contributed by atoms with Crippen molar-refractivity contribution >= 4 is 21.5 Å². The normalized spacial score (nSPS) is 11.1. The SMILES string of the molecule is c1ccc(-c2ccc(-c3ccc(-c4cc5ccccc5c5ccccc45)cc3)nn2)cc1. The Morgan fingerprint density at radius 1 is 0.375 bits per heavy atom. The predicted octanol–water partition coefficient (Wildman–Crippen LogP) is 7.78. The molecule has 2 heteroatoms. The Labute approximate surface area is 186 Å². The molecule has 0 N–H and O–H groups in total. The summed E-state index contributed by atoms with van der Waals surface area (Å²) in [6.07, 6.45) is 0. The van der Waals surface area contributed by atoms with E-state index in [2.05, 4.69) is 89.1 Å². The summed E-state index contributed by atoms with van der Waals surface area (Å²) in [6, 6.07) is 42.3. The average Bonchev–Trinajstić information content (AvgIpc) is 2.89. The monoisotopic (exact) mass is 408 g/mol. The van der Waals surface area contributed by atoms with Crippen molar-refractivity contribution in [2.75, 3.05) is 0 Å². The second-order valence-electron chi connectivity index (χ2n) is 7.94. The van der Waals surface area contributed by atoms with Gasteiger partial charge in [-0.1, -0.05) is 103 Å². The summed E-state index contributed by atoms with van der Waals surface area (Å²) in [4.78, 5) is 0. The molecule has 0 unspecified atom stereocenters. The quantitative estimate of drug-likeness (QED) is 0.279. The third kappa shape index (κ3) is 3.23. The Kier molecular flexibility index (Phi) is 4.47. The summed E-state index contributed by atoms with van der Waals surface area (Å²) in [6.45, 7) is 0. The summed E-state index contributed by atoms with van der Waals surface area (Å²) in [5, 5.41) is 14.0. The molecule has 0 saturated carbocycles. The van der Waals surface area contributed by atoms with Crippen LogP contribution < -0.4 is 0 Å². The van der Waals surface area contributed by atoms with Crippen LogP contribution in [-0.4, -0.2) is 10.2 Å². The van der Waals surface area contributed by atoms with Gasteiger partial charge in [0.25, 0.3) is 0 Å². The fourth-order valence-electron chi connectivity index (χ4n) is 4.36. The number of hydrogen-bond acceptors (Lipinski definition) is 2. The first kappa shape index (κ1) is 18.5. The lowest BCUT2D eigenvalue weighted by Gasteiger charge is -2.11. The number of aromatic nitrogens is 2. The highest BCUT2D eigenvalue weighted by atomic mass is 15.1. The first-order valence-corrected chi connectivity index (χ1v) is 10.8. The molecule has 0 saturated heterocycles. The second-order valence-corrected chi connectivity index (χ2v) is 7.94. The van der Waals surface area contributed by atoms with Gasteiger partial charge in [-0.25, -0.2) is 0 Å². The van der Waals surface area contributed by atoms with Gasteiger partial charge in [-0.05, 0) is 50.9 Å². The third-order valence-electron chi connectivity index (χ3n) is 5.99. The van der Waals surface area contributed by atoms with Gasteiger partial charge in [-0.2, -0.15) is 0 Å². The molecular weight excluding hydrogens is 388 g/mol. The van der Waals surface area contributed by atoms with E-state index in [1.165, 1.54) is 32.7 Å². The van der Waals surface area contributed by atoms with E-state index in [0.29, 0.717) is 0 Å². The fourth-order valence-corrected chi connectivity index (χ4v) is 4.36. The number of hydrogen-bond donors (Lipinski definition) is 0.